The molecule has 4 heteroatoms. The van der Waals surface area contributed by atoms with Crippen molar-refractivity contribution >= 4 is 17.1 Å². The molecule has 0 atom stereocenters. The lowest BCUT2D eigenvalue weighted by atomic mass is 10.4. The molecule has 1 rings (SSSR count). The average Bonchev–Trinajstić information content (AvgIpc) is 2.18. The van der Waals surface area contributed by atoms with Gasteiger partial charge in [-0.25, -0.2) is 0 Å². The molecule has 1 heterocycles. The van der Waals surface area contributed by atoms with Gasteiger partial charge in [0.15, 0.2) is 0 Å². The van der Waals surface area contributed by atoms with Crippen LogP contribution >= 0.6 is 11.3 Å². The summed E-state index contributed by atoms with van der Waals surface area (Å²) in [4.78, 5) is 21.6. The molecule has 0 radical (unpaired) electrons. The van der Waals surface area contributed by atoms with Crippen molar-refractivity contribution in [1.29, 1.82) is 0 Å². The van der Waals surface area contributed by atoms with Crippen molar-refractivity contribution in [1.82, 2.24) is 4.57 Å². The molecule has 1 aromatic heterocycles. The molecule has 0 spiro atoms. The lowest BCUT2D eigenvalue weighted by Gasteiger charge is -1.98. The van der Waals surface area contributed by atoms with Crippen LogP contribution in [0.15, 0.2) is 10.2 Å². The van der Waals surface area contributed by atoms with Crippen molar-refractivity contribution in [2.24, 2.45) is 0 Å². The monoisotopic (exact) mass is 171 g/mol. The van der Waals surface area contributed by atoms with Crippen molar-refractivity contribution in [3.8, 4) is 0 Å². The molecule has 0 aliphatic rings. The van der Waals surface area contributed by atoms with Gasteiger partial charge < -0.3 is 0 Å². The molecule has 0 fully saturated rings. The van der Waals surface area contributed by atoms with Crippen LogP contribution in [0, 0.1) is 6.92 Å². The van der Waals surface area contributed by atoms with E-state index >= 15 is 0 Å². The summed E-state index contributed by atoms with van der Waals surface area (Å²) in [7, 11) is 0. The third-order valence-corrected chi connectivity index (χ3v) is 2.24. The Balaban J connectivity index is 3.01. The molecular formula is C7H9NO2S. The first kappa shape index (κ1) is 8.20. The summed E-state index contributed by atoms with van der Waals surface area (Å²) in [5.74, 6) is 0.00796. The summed E-state index contributed by atoms with van der Waals surface area (Å²) < 4.78 is 1.48. The van der Waals surface area contributed by atoms with E-state index in [0.717, 1.165) is 17.0 Å². The van der Waals surface area contributed by atoms with Crippen LogP contribution in [0.3, 0.4) is 0 Å². The summed E-state index contributed by atoms with van der Waals surface area (Å²) in [5, 5.41) is 1.76. The minimum atomic E-state index is -0.0577. The second-order valence-electron chi connectivity index (χ2n) is 2.43. The number of ketones is 1. The van der Waals surface area contributed by atoms with Crippen LogP contribution in [-0.4, -0.2) is 10.4 Å². The van der Waals surface area contributed by atoms with Gasteiger partial charge in [-0.15, -0.1) is 0 Å². The third-order valence-electron chi connectivity index (χ3n) is 1.36. The quantitative estimate of drug-likeness (QED) is 0.660. The fourth-order valence-electron chi connectivity index (χ4n) is 0.819. The van der Waals surface area contributed by atoms with Gasteiger partial charge in [-0.05, 0) is 13.8 Å². The first-order valence-electron chi connectivity index (χ1n) is 3.25. The van der Waals surface area contributed by atoms with Crippen molar-refractivity contribution in [3.63, 3.8) is 0 Å². The van der Waals surface area contributed by atoms with Gasteiger partial charge in [0.25, 0.3) is 0 Å². The van der Waals surface area contributed by atoms with Crippen LogP contribution in [0.1, 0.15) is 12.6 Å². The minimum Gasteiger partial charge on any atom is -0.298 e. The van der Waals surface area contributed by atoms with E-state index in [1.807, 2.05) is 6.92 Å². The van der Waals surface area contributed by atoms with Gasteiger partial charge in [0.05, 0.1) is 6.54 Å². The van der Waals surface area contributed by atoms with E-state index in [9.17, 15) is 9.59 Å². The van der Waals surface area contributed by atoms with E-state index in [2.05, 4.69) is 0 Å². The summed E-state index contributed by atoms with van der Waals surface area (Å²) in [6.45, 7) is 3.50. The van der Waals surface area contributed by atoms with Crippen LogP contribution in [0.4, 0.5) is 0 Å². The Morgan fingerprint density at radius 2 is 2.36 bits per heavy atom. The predicted molar refractivity (Wildman–Crippen MR) is 44.0 cm³/mol. The number of hydrogen-bond donors (Lipinski definition) is 0. The maximum atomic E-state index is 11.0. The third kappa shape index (κ3) is 1.77. The lowest BCUT2D eigenvalue weighted by molar-refractivity contribution is -0.117. The number of carbonyl (C=O) groups is 1. The summed E-state index contributed by atoms with van der Waals surface area (Å²) in [6, 6.07) is 0. The Bertz CT molecular complexity index is 323. The van der Waals surface area contributed by atoms with E-state index in [4.69, 9.17) is 0 Å². The molecule has 0 amide bonds. The van der Waals surface area contributed by atoms with Crippen molar-refractivity contribution in [2.45, 2.75) is 20.4 Å². The predicted octanol–water partition coefficient (Wildman–Crippen LogP) is 0.807. The first-order chi connectivity index (χ1) is 5.11. The molecule has 0 saturated carbocycles. The van der Waals surface area contributed by atoms with Crippen molar-refractivity contribution in [3.05, 3.63) is 20.7 Å². The van der Waals surface area contributed by atoms with Gasteiger partial charge in [-0.1, -0.05) is 11.3 Å². The number of thiazole rings is 1. The molecule has 0 bridgehead atoms. The van der Waals surface area contributed by atoms with Gasteiger partial charge in [0.2, 0.25) is 0 Å². The Hall–Kier alpha value is -0.900. The average molecular weight is 171 g/mol. The summed E-state index contributed by atoms with van der Waals surface area (Å²) in [5.41, 5.74) is 0.857. The number of rotatable bonds is 2. The van der Waals surface area contributed by atoms with Crippen molar-refractivity contribution in [2.75, 3.05) is 0 Å². The smallest absolute Gasteiger partial charge is 0.298 e. The number of aromatic nitrogens is 1. The molecule has 0 saturated heterocycles. The Labute approximate surface area is 68.3 Å². The van der Waals surface area contributed by atoms with Gasteiger partial charge in [-0.2, -0.15) is 0 Å². The molecule has 0 aliphatic carbocycles. The Morgan fingerprint density at radius 1 is 1.73 bits per heavy atom. The zero-order chi connectivity index (χ0) is 8.43. The SMILES string of the molecule is CC(=O)Cn1c(C)csc1=O. The highest BCUT2D eigenvalue weighted by molar-refractivity contribution is 7.07. The molecule has 0 aliphatic heterocycles. The molecule has 0 unspecified atom stereocenters. The highest BCUT2D eigenvalue weighted by Crippen LogP contribution is 1.98. The summed E-state index contributed by atoms with van der Waals surface area (Å²) >= 11 is 1.13. The van der Waals surface area contributed by atoms with E-state index in [-0.39, 0.29) is 17.2 Å². The lowest BCUT2D eigenvalue weighted by Crippen LogP contribution is -2.18. The molecule has 60 valence electrons. The highest BCUT2D eigenvalue weighted by atomic mass is 32.1. The van der Waals surface area contributed by atoms with Crippen LogP contribution in [0.25, 0.3) is 0 Å². The second-order valence-corrected chi connectivity index (χ2v) is 3.25. The molecular weight excluding hydrogens is 162 g/mol. The normalized spacial score (nSPS) is 10.0. The van der Waals surface area contributed by atoms with E-state index in [1.54, 1.807) is 5.38 Å². The molecule has 0 N–H and O–H groups in total. The van der Waals surface area contributed by atoms with E-state index in [1.165, 1.54) is 11.5 Å². The van der Waals surface area contributed by atoms with Crippen LogP contribution < -0.4 is 4.87 Å². The first-order valence-corrected chi connectivity index (χ1v) is 4.13. The minimum absolute atomic E-state index is 0.00796. The zero-order valence-electron chi connectivity index (χ0n) is 6.46. The number of hydrogen-bond acceptors (Lipinski definition) is 3. The Morgan fingerprint density at radius 3 is 2.73 bits per heavy atom. The van der Waals surface area contributed by atoms with E-state index < -0.39 is 0 Å². The van der Waals surface area contributed by atoms with Gasteiger partial charge >= 0.3 is 4.87 Å². The largest absolute Gasteiger partial charge is 0.307 e. The fraction of sp³-hybridized carbons (Fsp3) is 0.429. The highest BCUT2D eigenvalue weighted by Gasteiger charge is 2.03. The zero-order valence-corrected chi connectivity index (χ0v) is 7.27. The van der Waals surface area contributed by atoms with Gasteiger partial charge in [0.1, 0.15) is 5.78 Å². The Kier molecular flexibility index (Phi) is 2.24. The number of nitrogens with zero attached hydrogens (tertiary/aromatic N) is 1. The van der Waals surface area contributed by atoms with Crippen LogP contribution in [0.2, 0.25) is 0 Å². The maximum Gasteiger partial charge on any atom is 0.307 e. The standard InChI is InChI=1S/C7H9NO2S/c1-5-4-11-7(10)8(5)3-6(2)9/h4H,3H2,1-2H3. The van der Waals surface area contributed by atoms with E-state index in [0.29, 0.717) is 0 Å². The molecule has 3 nitrogen and oxygen atoms in total. The fourth-order valence-corrected chi connectivity index (χ4v) is 1.55. The topological polar surface area (TPSA) is 39.1 Å². The van der Waals surface area contributed by atoms with Gasteiger partial charge in [-0.3, -0.25) is 14.2 Å². The summed E-state index contributed by atoms with van der Waals surface area (Å²) in [6.07, 6.45) is 0. The second kappa shape index (κ2) is 3.00. The number of aryl methyl sites for hydroxylation is 1. The maximum absolute atomic E-state index is 11.0. The van der Waals surface area contributed by atoms with Crippen molar-refractivity contribution < 1.29 is 4.79 Å². The van der Waals surface area contributed by atoms with Crippen LogP contribution in [0.5, 0.6) is 0 Å². The number of Topliss-reactive ketones (excluding diaryl/α,β-unsaturated/α-hetero) is 1. The molecule has 1 aromatic rings. The van der Waals surface area contributed by atoms with Crippen LogP contribution in [-0.2, 0) is 11.3 Å². The van der Waals surface area contributed by atoms with Gasteiger partial charge in [0, 0.05) is 11.1 Å². The molecule has 0 aromatic carbocycles. The number of carbonyl (C=O) groups excluding carboxylic acids is 1. The molecule has 11 heavy (non-hydrogen) atoms.